The molecule has 1 aromatic carbocycles. The van der Waals surface area contributed by atoms with E-state index >= 15 is 0 Å². The van der Waals surface area contributed by atoms with Crippen molar-refractivity contribution in [3.8, 4) is 0 Å². The molecule has 0 unspecified atom stereocenters. The van der Waals surface area contributed by atoms with E-state index in [9.17, 15) is 18.0 Å². The maximum Gasteiger partial charge on any atom is 0.416 e. The molecule has 0 aliphatic carbocycles. The van der Waals surface area contributed by atoms with Gasteiger partial charge in [0.15, 0.2) is 0 Å². The highest BCUT2D eigenvalue weighted by Gasteiger charge is 2.30. The van der Waals surface area contributed by atoms with Gasteiger partial charge in [-0.2, -0.15) is 13.2 Å². The highest BCUT2D eigenvalue weighted by Crippen LogP contribution is 2.29. The van der Waals surface area contributed by atoms with Crippen molar-refractivity contribution in [2.45, 2.75) is 25.6 Å². The van der Waals surface area contributed by atoms with E-state index in [4.69, 9.17) is 0 Å². The first-order chi connectivity index (χ1) is 8.15. The van der Waals surface area contributed by atoms with Gasteiger partial charge in [-0.15, -0.1) is 0 Å². The Balaban J connectivity index is 2.83. The van der Waals surface area contributed by atoms with Crippen molar-refractivity contribution >= 4 is 21.8 Å². The smallest absolute Gasteiger partial charge is 0.346 e. The standard InChI is InChI=1S/C12H13BrF3NO/c1-11(2,7-13)17-10(18)8-3-5-9(6-4-8)12(14,15)16/h3-6H,7H2,1-2H3,(H,17,18). The van der Waals surface area contributed by atoms with Gasteiger partial charge in [-0.1, -0.05) is 15.9 Å². The molecule has 1 rings (SSSR count). The van der Waals surface area contributed by atoms with Gasteiger partial charge in [0, 0.05) is 16.4 Å². The Kier molecular flexibility index (Phi) is 4.42. The first-order valence-electron chi connectivity index (χ1n) is 5.21. The van der Waals surface area contributed by atoms with Crippen LogP contribution in [-0.2, 0) is 6.18 Å². The minimum absolute atomic E-state index is 0.206. The minimum Gasteiger partial charge on any atom is -0.346 e. The van der Waals surface area contributed by atoms with E-state index in [0.29, 0.717) is 5.33 Å². The fourth-order valence-corrected chi connectivity index (χ4v) is 1.36. The van der Waals surface area contributed by atoms with Gasteiger partial charge in [-0.25, -0.2) is 0 Å². The number of hydrogen-bond donors (Lipinski definition) is 1. The Morgan fingerprint density at radius 2 is 1.72 bits per heavy atom. The average molecular weight is 324 g/mol. The molecule has 0 radical (unpaired) electrons. The van der Waals surface area contributed by atoms with Crippen molar-refractivity contribution < 1.29 is 18.0 Å². The minimum atomic E-state index is -4.38. The molecule has 0 aromatic heterocycles. The first kappa shape index (κ1) is 15.0. The van der Waals surface area contributed by atoms with Crippen LogP contribution in [0.1, 0.15) is 29.8 Å². The molecule has 0 bridgehead atoms. The number of alkyl halides is 4. The average Bonchev–Trinajstić information content (AvgIpc) is 2.27. The molecule has 0 saturated heterocycles. The highest BCUT2D eigenvalue weighted by molar-refractivity contribution is 9.09. The third kappa shape index (κ3) is 4.01. The highest BCUT2D eigenvalue weighted by atomic mass is 79.9. The van der Waals surface area contributed by atoms with Gasteiger partial charge in [0.05, 0.1) is 5.56 Å². The summed E-state index contributed by atoms with van der Waals surface area (Å²) < 4.78 is 37.0. The quantitative estimate of drug-likeness (QED) is 0.846. The first-order valence-corrected chi connectivity index (χ1v) is 6.33. The van der Waals surface area contributed by atoms with Crippen LogP contribution in [0.2, 0.25) is 0 Å². The number of nitrogens with one attached hydrogen (secondary N) is 1. The maximum atomic E-state index is 12.3. The van der Waals surface area contributed by atoms with Crippen LogP contribution in [0.5, 0.6) is 0 Å². The molecule has 100 valence electrons. The van der Waals surface area contributed by atoms with Gasteiger partial charge in [-0.3, -0.25) is 4.79 Å². The van der Waals surface area contributed by atoms with Crippen LogP contribution in [0, 0.1) is 0 Å². The lowest BCUT2D eigenvalue weighted by Gasteiger charge is -2.23. The van der Waals surface area contributed by atoms with Gasteiger partial charge < -0.3 is 5.32 Å². The van der Waals surface area contributed by atoms with Crippen LogP contribution < -0.4 is 5.32 Å². The molecular weight excluding hydrogens is 311 g/mol. The monoisotopic (exact) mass is 323 g/mol. The molecule has 0 aliphatic rings. The number of carbonyl (C=O) groups excluding carboxylic acids is 1. The summed E-state index contributed by atoms with van der Waals surface area (Å²) in [5, 5.41) is 3.26. The van der Waals surface area contributed by atoms with Crippen LogP contribution in [-0.4, -0.2) is 16.8 Å². The molecular formula is C12H13BrF3NO. The molecule has 1 aromatic rings. The van der Waals surface area contributed by atoms with E-state index < -0.39 is 23.2 Å². The SMILES string of the molecule is CC(C)(CBr)NC(=O)c1ccc(C(F)(F)F)cc1. The summed E-state index contributed by atoms with van der Waals surface area (Å²) in [6.45, 7) is 3.62. The summed E-state index contributed by atoms with van der Waals surface area (Å²) >= 11 is 3.25. The normalized spacial score (nSPS) is 12.3. The number of hydrogen-bond acceptors (Lipinski definition) is 1. The molecule has 2 nitrogen and oxygen atoms in total. The van der Waals surface area contributed by atoms with E-state index in [2.05, 4.69) is 21.2 Å². The summed E-state index contributed by atoms with van der Waals surface area (Å²) in [7, 11) is 0. The van der Waals surface area contributed by atoms with Crippen LogP contribution in [0.3, 0.4) is 0 Å². The second-order valence-corrected chi connectivity index (χ2v) is 5.11. The molecule has 0 aliphatic heterocycles. The Hall–Kier alpha value is -1.04. The predicted molar refractivity (Wildman–Crippen MR) is 66.8 cm³/mol. The van der Waals surface area contributed by atoms with Crippen molar-refractivity contribution in [1.82, 2.24) is 5.32 Å². The van der Waals surface area contributed by atoms with Crippen LogP contribution in [0.15, 0.2) is 24.3 Å². The van der Waals surface area contributed by atoms with Gasteiger partial charge in [0.1, 0.15) is 0 Å². The second kappa shape index (κ2) is 5.30. The van der Waals surface area contributed by atoms with E-state index in [1.807, 2.05) is 13.8 Å². The number of carbonyl (C=O) groups is 1. The van der Waals surface area contributed by atoms with E-state index in [-0.39, 0.29) is 5.56 Å². The van der Waals surface area contributed by atoms with Crippen molar-refractivity contribution in [2.75, 3.05) is 5.33 Å². The lowest BCUT2D eigenvalue weighted by atomic mass is 10.1. The zero-order chi connectivity index (χ0) is 14.0. The fraction of sp³-hybridized carbons (Fsp3) is 0.417. The largest absolute Gasteiger partial charge is 0.416 e. The van der Waals surface area contributed by atoms with Gasteiger partial charge >= 0.3 is 6.18 Å². The van der Waals surface area contributed by atoms with E-state index in [1.54, 1.807) is 0 Å². The third-order valence-corrected chi connectivity index (χ3v) is 3.66. The lowest BCUT2D eigenvalue weighted by Crippen LogP contribution is -2.44. The number of rotatable bonds is 3. The molecule has 0 atom stereocenters. The Morgan fingerprint density at radius 3 is 2.11 bits per heavy atom. The molecule has 1 N–H and O–H groups in total. The fourth-order valence-electron chi connectivity index (χ4n) is 1.22. The van der Waals surface area contributed by atoms with Crippen molar-refractivity contribution in [3.05, 3.63) is 35.4 Å². The summed E-state index contributed by atoms with van der Waals surface area (Å²) in [4.78, 5) is 11.8. The molecule has 18 heavy (non-hydrogen) atoms. The Bertz CT molecular complexity index is 426. The number of halogens is 4. The molecule has 0 fully saturated rings. The molecule has 1 amide bonds. The maximum absolute atomic E-state index is 12.3. The zero-order valence-electron chi connectivity index (χ0n) is 9.94. The lowest BCUT2D eigenvalue weighted by molar-refractivity contribution is -0.137. The Labute approximate surface area is 112 Å². The van der Waals surface area contributed by atoms with Crippen molar-refractivity contribution in [3.63, 3.8) is 0 Å². The number of amides is 1. The zero-order valence-corrected chi connectivity index (χ0v) is 11.5. The molecule has 0 heterocycles. The van der Waals surface area contributed by atoms with Gasteiger partial charge in [0.25, 0.3) is 5.91 Å². The molecule has 6 heteroatoms. The summed E-state index contributed by atoms with van der Waals surface area (Å²) in [6.07, 6.45) is -4.38. The third-order valence-electron chi connectivity index (χ3n) is 2.26. The number of benzene rings is 1. The van der Waals surface area contributed by atoms with Crippen molar-refractivity contribution in [2.24, 2.45) is 0 Å². The van der Waals surface area contributed by atoms with E-state index in [0.717, 1.165) is 12.1 Å². The molecule has 0 saturated carbocycles. The van der Waals surface area contributed by atoms with Crippen LogP contribution in [0.4, 0.5) is 13.2 Å². The van der Waals surface area contributed by atoms with Gasteiger partial charge in [-0.05, 0) is 38.1 Å². The summed E-state index contributed by atoms with van der Waals surface area (Å²) in [6, 6.07) is 4.14. The van der Waals surface area contributed by atoms with E-state index in [1.165, 1.54) is 12.1 Å². The van der Waals surface area contributed by atoms with Gasteiger partial charge in [0.2, 0.25) is 0 Å². The van der Waals surface area contributed by atoms with Crippen LogP contribution >= 0.6 is 15.9 Å². The Morgan fingerprint density at radius 1 is 1.22 bits per heavy atom. The second-order valence-electron chi connectivity index (χ2n) is 4.55. The van der Waals surface area contributed by atoms with Crippen molar-refractivity contribution in [1.29, 1.82) is 0 Å². The predicted octanol–water partition coefficient (Wildman–Crippen LogP) is 3.61. The summed E-state index contributed by atoms with van der Waals surface area (Å²) in [5.74, 6) is -0.395. The molecule has 0 spiro atoms. The summed E-state index contributed by atoms with van der Waals surface area (Å²) in [5.41, 5.74) is -1.02. The topological polar surface area (TPSA) is 29.1 Å². The van der Waals surface area contributed by atoms with Crippen LogP contribution in [0.25, 0.3) is 0 Å².